The molecule has 2 aliphatic rings. The summed E-state index contributed by atoms with van der Waals surface area (Å²) in [6.07, 6.45) is 1.92. The van der Waals surface area contributed by atoms with Crippen LogP contribution in [-0.4, -0.2) is 83.1 Å². The van der Waals surface area contributed by atoms with Crippen molar-refractivity contribution in [2.45, 2.75) is 24.2 Å². The van der Waals surface area contributed by atoms with E-state index < -0.39 is 10.0 Å². The van der Waals surface area contributed by atoms with Gasteiger partial charge in [0.05, 0.1) is 30.2 Å². The van der Waals surface area contributed by atoms with Gasteiger partial charge in [-0.2, -0.15) is 4.31 Å². The summed E-state index contributed by atoms with van der Waals surface area (Å²) in [5.74, 6) is 0.292. The Morgan fingerprint density at radius 3 is 2.57 bits per heavy atom. The maximum absolute atomic E-state index is 12.9. The Hall–Kier alpha value is -1.39. The number of halogens is 1. The number of benzene rings is 1. The van der Waals surface area contributed by atoms with Gasteiger partial charge in [0.25, 0.3) is 0 Å². The van der Waals surface area contributed by atoms with Gasteiger partial charge in [-0.05, 0) is 44.0 Å². The van der Waals surface area contributed by atoms with Crippen molar-refractivity contribution in [3.8, 4) is 5.75 Å². The number of morpholine rings is 1. The molecule has 30 heavy (non-hydrogen) atoms. The molecule has 3 rings (SSSR count). The van der Waals surface area contributed by atoms with Crippen LogP contribution >= 0.6 is 11.6 Å². The van der Waals surface area contributed by atoms with Crippen molar-refractivity contribution >= 4 is 27.5 Å². The van der Waals surface area contributed by atoms with E-state index in [2.05, 4.69) is 10.2 Å². The minimum Gasteiger partial charge on any atom is -0.495 e. The van der Waals surface area contributed by atoms with Gasteiger partial charge in [0.15, 0.2) is 0 Å². The number of nitrogens with one attached hydrogen (secondary N) is 1. The summed E-state index contributed by atoms with van der Waals surface area (Å²) in [5, 5.41) is 3.26. The quantitative estimate of drug-likeness (QED) is 0.594. The van der Waals surface area contributed by atoms with Crippen LogP contribution in [0.1, 0.15) is 19.3 Å². The standard InChI is InChI=1S/C20H30ClN3O5S/c1-28-19-4-3-17(15-18(19)21)30(26,27)24-9-5-16(6-10-24)20(25)22-7-2-8-23-11-13-29-14-12-23/h3-4,15-16H,2,5-14H2,1H3,(H,22,25). The Bertz CT molecular complexity index is 822. The average molecular weight is 460 g/mol. The highest BCUT2D eigenvalue weighted by molar-refractivity contribution is 7.89. The molecule has 2 aliphatic heterocycles. The number of hydrogen-bond donors (Lipinski definition) is 1. The summed E-state index contributed by atoms with van der Waals surface area (Å²) >= 11 is 6.08. The third-order valence-corrected chi connectivity index (χ3v) is 7.83. The average Bonchev–Trinajstić information content (AvgIpc) is 2.77. The molecule has 0 aromatic heterocycles. The van der Waals surface area contributed by atoms with Gasteiger partial charge in [-0.25, -0.2) is 8.42 Å². The number of ether oxygens (including phenoxy) is 2. The molecule has 2 saturated heterocycles. The van der Waals surface area contributed by atoms with E-state index in [0.29, 0.717) is 38.2 Å². The molecule has 0 spiro atoms. The lowest BCUT2D eigenvalue weighted by molar-refractivity contribution is -0.126. The Balaban J connectivity index is 1.44. The first-order valence-electron chi connectivity index (χ1n) is 10.3. The second-order valence-corrected chi connectivity index (χ2v) is 9.92. The van der Waals surface area contributed by atoms with Gasteiger partial charge in [-0.1, -0.05) is 11.6 Å². The fraction of sp³-hybridized carbons (Fsp3) is 0.650. The molecule has 0 radical (unpaired) electrons. The number of nitrogens with zero attached hydrogens (tertiary/aromatic N) is 2. The predicted molar refractivity (Wildman–Crippen MR) is 114 cm³/mol. The van der Waals surface area contributed by atoms with Crippen molar-refractivity contribution in [1.29, 1.82) is 0 Å². The summed E-state index contributed by atoms with van der Waals surface area (Å²) in [6.45, 7) is 5.66. The molecule has 0 saturated carbocycles. The summed E-state index contributed by atoms with van der Waals surface area (Å²) in [7, 11) is -2.17. The van der Waals surface area contributed by atoms with Gasteiger partial charge in [0, 0.05) is 38.6 Å². The molecule has 2 heterocycles. The van der Waals surface area contributed by atoms with Crippen LogP contribution in [-0.2, 0) is 19.6 Å². The minimum absolute atomic E-state index is 0.0153. The molecule has 0 aliphatic carbocycles. The fourth-order valence-corrected chi connectivity index (χ4v) is 5.62. The molecular formula is C20H30ClN3O5S. The van der Waals surface area contributed by atoms with Crippen LogP contribution in [0.5, 0.6) is 5.75 Å². The largest absolute Gasteiger partial charge is 0.495 e. The summed E-state index contributed by atoms with van der Waals surface area (Å²) in [5.41, 5.74) is 0. The smallest absolute Gasteiger partial charge is 0.243 e. The number of sulfonamides is 1. The summed E-state index contributed by atoms with van der Waals surface area (Å²) in [4.78, 5) is 14.9. The first-order valence-corrected chi connectivity index (χ1v) is 12.1. The zero-order valence-electron chi connectivity index (χ0n) is 17.3. The number of piperidine rings is 1. The fourth-order valence-electron chi connectivity index (χ4n) is 3.80. The Labute approximate surface area is 183 Å². The van der Waals surface area contributed by atoms with Crippen LogP contribution in [0.2, 0.25) is 5.02 Å². The number of rotatable bonds is 8. The SMILES string of the molecule is COc1ccc(S(=O)(=O)N2CCC(C(=O)NCCCN3CCOCC3)CC2)cc1Cl. The lowest BCUT2D eigenvalue weighted by Gasteiger charge is -2.30. The van der Waals surface area contributed by atoms with E-state index in [1.807, 2.05) is 0 Å². The number of carbonyl (C=O) groups excluding carboxylic acids is 1. The number of methoxy groups -OCH3 is 1. The second-order valence-electron chi connectivity index (χ2n) is 7.57. The van der Waals surface area contributed by atoms with Crippen molar-refractivity contribution in [2.24, 2.45) is 5.92 Å². The zero-order valence-corrected chi connectivity index (χ0v) is 18.9. The number of hydrogen-bond acceptors (Lipinski definition) is 6. The maximum Gasteiger partial charge on any atom is 0.243 e. The lowest BCUT2D eigenvalue weighted by atomic mass is 9.97. The molecule has 1 aromatic carbocycles. The monoisotopic (exact) mass is 459 g/mol. The molecule has 0 unspecified atom stereocenters. The molecule has 1 aromatic rings. The topological polar surface area (TPSA) is 88.2 Å². The highest BCUT2D eigenvalue weighted by Crippen LogP contribution is 2.30. The van der Waals surface area contributed by atoms with Crippen LogP contribution < -0.4 is 10.1 Å². The van der Waals surface area contributed by atoms with Crippen LogP contribution in [0, 0.1) is 5.92 Å². The maximum atomic E-state index is 12.9. The summed E-state index contributed by atoms with van der Waals surface area (Å²) < 4.78 is 37.6. The van der Waals surface area contributed by atoms with E-state index in [-0.39, 0.29) is 21.7 Å². The lowest BCUT2D eigenvalue weighted by Crippen LogP contribution is -2.43. The number of carbonyl (C=O) groups is 1. The van der Waals surface area contributed by atoms with Crippen LogP contribution in [0.3, 0.4) is 0 Å². The van der Waals surface area contributed by atoms with Gasteiger partial charge in [-0.15, -0.1) is 0 Å². The minimum atomic E-state index is -3.65. The number of amides is 1. The first-order chi connectivity index (χ1) is 14.4. The Morgan fingerprint density at radius 2 is 1.93 bits per heavy atom. The summed E-state index contributed by atoms with van der Waals surface area (Å²) in [6, 6.07) is 4.45. The molecule has 168 valence electrons. The van der Waals surface area contributed by atoms with E-state index in [1.165, 1.54) is 23.5 Å². The van der Waals surface area contributed by atoms with E-state index >= 15 is 0 Å². The molecule has 0 atom stereocenters. The molecule has 2 fully saturated rings. The molecular weight excluding hydrogens is 430 g/mol. The molecule has 8 nitrogen and oxygen atoms in total. The van der Waals surface area contributed by atoms with Crippen molar-refractivity contribution in [3.05, 3.63) is 23.2 Å². The van der Waals surface area contributed by atoms with Crippen molar-refractivity contribution in [3.63, 3.8) is 0 Å². The highest BCUT2D eigenvalue weighted by Gasteiger charge is 2.32. The van der Waals surface area contributed by atoms with Crippen LogP contribution in [0.4, 0.5) is 0 Å². The molecule has 1 N–H and O–H groups in total. The second kappa shape index (κ2) is 10.8. The van der Waals surface area contributed by atoms with Crippen LogP contribution in [0.25, 0.3) is 0 Å². The van der Waals surface area contributed by atoms with E-state index in [4.69, 9.17) is 21.1 Å². The van der Waals surface area contributed by atoms with Gasteiger partial charge >= 0.3 is 0 Å². The zero-order chi connectivity index (χ0) is 21.6. The first kappa shape index (κ1) is 23.3. The highest BCUT2D eigenvalue weighted by atomic mass is 35.5. The van der Waals surface area contributed by atoms with Gasteiger partial charge in [0.2, 0.25) is 15.9 Å². The third-order valence-electron chi connectivity index (χ3n) is 5.64. The van der Waals surface area contributed by atoms with Crippen molar-refractivity contribution in [2.75, 3.05) is 59.6 Å². The molecule has 1 amide bonds. The van der Waals surface area contributed by atoms with Gasteiger partial charge < -0.3 is 14.8 Å². The van der Waals surface area contributed by atoms with Gasteiger partial charge in [-0.3, -0.25) is 9.69 Å². The van der Waals surface area contributed by atoms with E-state index in [0.717, 1.165) is 39.3 Å². The van der Waals surface area contributed by atoms with Crippen molar-refractivity contribution in [1.82, 2.24) is 14.5 Å². The Kier molecular flexibility index (Phi) is 8.35. The Morgan fingerprint density at radius 1 is 1.23 bits per heavy atom. The third kappa shape index (κ3) is 5.85. The molecule has 0 bridgehead atoms. The normalized spacial score (nSPS) is 19.5. The van der Waals surface area contributed by atoms with Crippen LogP contribution in [0.15, 0.2) is 23.1 Å². The molecule has 10 heteroatoms. The van der Waals surface area contributed by atoms with E-state index in [1.54, 1.807) is 6.07 Å². The van der Waals surface area contributed by atoms with E-state index in [9.17, 15) is 13.2 Å². The van der Waals surface area contributed by atoms with Crippen molar-refractivity contribution < 1.29 is 22.7 Å². The predicted octanol–water partition coefficient (Wildman–Crippen LogP) is 1.59. The van der Waals surface area contributed by atoms with Gasteiger partial charge in [0.1, 0.15) is 5.75 Å².